The normalized spacial score (nSPS) is 10.8. The molecule has 8 heteroatoms. The number of aromatic nitrogens is 2. The van der Waals surface area contributed by atoms with E-state index in [1.807, 2.05) is 11.4 Å². The zero-order chi connectivity index (χ0) is 13.2. The summed E-state index contributed by atoms with van der Waals surface area (Å²) in [5, 5.41) is 7.38. The van der Waals surface area contributed by atoms with Crippen LogP contribution in [-0.4, -0.2) is 9.97 Å². The van der Waals surface area contributed by atoms with Crippen LogP contribution in [0.3, 0.4) is 0 Å². The Morgan fingerprint density at radius 2 is 2.21 bits per heavy atom. The molecule has 5 nitrogen and oxygen atoms in total. The summed E-state index contributed by atoms with van der Waals surface area (Å²) in [6.45, 7) is 0.726. The van der Waals surface area contributed by atoms with Crippen molar-refractivity contribution in [3.05, 3.63) is 32.2 Å². The highest BCUT2D eigenvalue weighted by Crippen LogP contribution is 2.28. The summed E-state index contributed by atoms with van der Waals surface area (Å²) in [6.07, 6.45) is 0. The number of thiophene rings is 2. The van der Waals surface area contributed by atoms with Crippen molar-refractivity contribution in [2.45, 2.75) is 6.54 Å². The minimum atomic E-state index is 0.417. The summed E-state index contributed by atoms with van der Waals surface area (Å²) in [7, 11) is 0. The maximum Gasteiger partial charge on any atom is 0.239 e. The molecule has 0 radical (unpaired) electrons. The van der Waals surface area contributed by atoms with Crippen molar-refractivity contribution in [2.24, 2.45) is 5.84 Å². The molecule has 19 heavy (non-hydrogen) atoms. The molecule has 3 heterocycles. The van der Waals surface area contributed by atoms with Crippen LogP contribution in [0.25, 0.3) is 10.2 Å². The molecule has 0 fully saturated rings. The zero-order valence-corrected chi connectivity index (χ0v) is 12.9. The number of hydrogen-bond donors (Lipinski definition) is 3. The van der Waals surface area contributed by atoms with Gasteiger partial charge < -0.3 is 5.32 Å². The van der Waals surface area contributed by atoms with E-state index in [2.05, 4.69) is 48.1 Å². The first kappa shape index (κ1) is 12.8. The highest BCUT2D eigenvalue weighted by atomic mass is 79.9. The first-order valence-corrected chi connectivity index (χ1v) is 8.00. The van der Waals surface area contributed by atoms with E-state index in [-0.39, 0.29) is 0 Å². The Balaban J connectivity index is 1.88. The second kappa shape index (κ2) is 5.41. The third-order valence-electron chi connectivity index (χ3n) is 2.48. The summed E-state index contributed by atoms with van der Waals surface area (Å²) in [5.41, 5.74) is 3.38. The Labute approximate surface area is 126 Å². The van der Waals surface area contributed by atoms with E-state index in [9.17, 15) is 0 Å². The van der Waals surface area contributed by atoms with E-state index in [0.717, 1.165) is 27.1 Å². The zero-order valence-electron chi connectivity index (χ0n) is 9.68. The van der Waals surface area contributed by atoms with Crippen molar-refractivity contribution < 1.29 is 0 Å². The summed E-state index contributed by atoms with van der Waals surface area (Å²) < 4.78 is 2.14. The maximum atomic E-state index is 5.39. The van der Waals surface area contributed by atoms with Crippen LogP contribution in [0.5, 0.6) is 0 Å². The van der Waals surface area contributed by atoms with Crippen LogP contribution in [0.4, 0.5) is 11.8 Å². The number of nitrogens with two attached hydrogens (primary N) is 1. The largest absolute Gasteiger partial charge is 0.364 e. The van der Waals surface area contributed by atoms with Crippen LogP contribution in [0.15, 0.2) is 27.4 Å². The van der Waals surface area contributed by atoms with Crippen molar-refractivity contribution in [1.29, 1.82) is 0 Å². The quantitative estimate of drug-likeness (QED) is 0.493. The van der Waals surface area contributed by atoms with Crippen LogP contribution in [-0.2, 0) is 6.54 Å². The molecule has 0 amide bonds. The van der Waals surface area contributed by atoms with E-state index in [0.29, 0.717) is 5.95 Å². The van der Waals surface area contributed by atoms with Crippen molar-refractivity contribution in [2.75, 3.05) is 10.7 Å². The molecule has 4 N–H and O–H groups in total. The lowest BCUT2D eigenvalue weighted by molar-refractivity contribution is 1.11. The van der Waals surface area contributed by atoms with Gasteiger partial charge in [-0.2, -0.15) is 4.98 Å². The Hall–Kier alpha value is -1.22. The average molecular weight is 356 g/mol. The number of nitrogen functional groups attached to an aromatic ring is 1. The lowest BCUT2D eigenvalue weighted by Crippen LogP contribution is -2.11. The Morgan fingerprint density at radius 3 is 2.95 bits per heavy atom. The number of halogens is 1. The lowest BCUT2D eigenvalue weighted by Gasteiger charge is -2.07. The predicted octanol–water partition coefficient (Wildman–Crippen LogP) is 3.41. The minimum Gasteiger partial charge on any atom is -0.364 e. The topological polar surface area (TPSA) is 75.9 Å². The summed E-state index contributed by atoms with van der Waals surface area (Å²) in [4.78, 5) is 9.88. The molecule has 0 aliphatic heterocycles. The van der Waals surface area contributed by atoms with Crippen molar-refractivity contribution in [3.8, 4) is 0 Å². The fourth-order valence-electron chi connectivity index (χ4n) is 1.67. The Morgan fingerprint density at radius 1 is 1.32 bits per heavy atom. The fraction of sp³-hybridized carbons (Fsp3) is 0.0909. The highest BCUT2D eigenvalue weighted by molar-refractivity contribution is 9.10. The standard InChI is InChI=1S/C11H10BrN5S2/c12-6-3-7(19-5-6)4-14-10-9-8(1-2-18-9)15-11(16-10)17-13/h1-3,5H,4,13H2,(H2,14,15,16,17). The van der Waals surface area contributed by atoms with Gasteiger partial charge in [-0.05, 0) is 33.4 Å². The van der Waals surface area contributed by atoms with Crippen LogP contribution in [0.1, 0.15) is 4.88 Å². The van der Waals surface area contributed by atoms with Crippen LogP contribution in [0.2, 0.25) is 0 Å². The molecule has 0 saturated heterocycles. The molecule has 0 spiro atoms. The van der Waals surface area contributed by atoms with E-state index >= 15 is 0 Å². The van der Waals surface area contributed by atoms with E-state index in [1.165, 1.54) is 4.88 Å². The van der Waals surface area contributed by atoms with Gasteiger partial charge in [-0.15, -0.1) is 22.7 Å². The highest BCUT2D eigenvalue weighted by Gasteiger charge is 2.08. The number of nitrogens with one attached hydrogen (secondary N) is 2. The van der Waals surface area contributed by atoms with Gasteiger partial charge in [-0.3, -0.25) is 5.43 Å². The fourth-order valence-corrected chi connectivity index (χ4v) is 3.85. The molecule has 0 aromatic carbocycles. The van der Waals surface area contributed by atoms with E-state index in [1.54, 1.807) is 22.7 Å². The summed E-state index contributed by atoms with van der Waals surface area (Å²) >= 11 is 6.76. The molecule has 3 rings (SSSR count). The van der Waals surface area contributed by atoms with Gasteiger partial charge in [0, 0.05) is 14.7 Å². The second-order valence-corrected chi connectivity index (χ2v) is 6.59. The molecule has 3 aromatic rings. The number of hydrogen-bond acceptors (Lipinski definition) is 7. The number of rotatable bonds is 4. The SMILES string of the molecule is NNc1nc(NCc2cc(Br)cs2)c2sccc2n1. The van der Waals surface area contributed by atoms with Crippen molar-refractivity contribution in [3.63, 3.8) is 0 Å². The van der Waals surface area contributed by atoms with E-state index in [4.69, 9.17) is 5.84 Å². The van der Waals surface area contributed by atoms with Gasteiger partial charge in [0.05, 0.1) is 16.8 Å². The minimum absolute atomic E-state index is 0.417. The van der Waals surface area contributed by atoms with Gasteiger partial charge in [0.2, 0.25) is 5.95 Å². The summed E-state index contributed by atoms with van der Waals surface area (Å²) in [5.74, 6) is 6.61. The number of anilines is 2. The van der Waals surface area contributed by atoms with E-state index < -0.39 is 0 Å². The van der Waals surface area contributed by atoms with Gasteiger partial charge in [-0.1, -0.05) is 0 Å². The molecule has 0 unspecified atom stereocenters. The Bertz CT molecular complexity index is 708. The van der Waals surface area contributed by atoms with Gasteiger partial charge >= 0.3 is 0 Å². The molecule has 0 bridgehead atoms. The average Bonchev–Trinajstić information content (AvgIpc) is 3.04. The molecule has 98 valence electrons. The molecule has 0 aliphatic rings. The van der Waals surface area contributed by atoms with Crippen LogP contribution < -0.4 is 16.6 Å². The molecule has 0 aliphatic carbocycles. The molecule has 0 saturated carbocycles. The van der Waals surface area contributed by atoms with Crippen molar-refractivity contribution >= 4 is 60.6 Å². The van der Waals surface area contributed by atoms with Gasteiger partial charge in [0.1, 0.15) is 5.82 Å². The number of hydrazine groups is 1. The first-order valence-electron chi connectivity index (χ1n) is 5.45. The first-order chi connectivity index (χ1) is 9.26. The monoisotopic (exact) mass is 355 g/mol. The van der Waals surface area contributed by atoms with Gasteiger partial charge in [0.15, 0.2) is 0 Å². The third kappa shape index (κ3) is 2.71. The summed E-state index contributed by atoms with van der Waals surface area (Å²) in [6, 6.07) is 4.04. The van der Waals surface area contributed by atoms with Crippen molar-refractivity contribution in [1.82, 2.24) is 9.97 Å². The van der Waals surface area contributed by atoms with Crippen LogP contribution in [0, 0.1) is 0 Å². The lowest BCUT2D eigenvalue weighted by atomic mass is 10.4. The predicted molar refractivity (Wildman–Crippen MR) is 84.6 cm³/mol. The maximum absolute atomic E-state index is 5.39. The molecule has 0 atom stereocenters. The Kier molecular flexibility index (Phi) is 3.65. The van der Waals surface area contributed by atoms with Gasteiger partial charge in [-0.25, -0.2) is 10.8 Å². The molecular weight excluding hydrogens is 346 g/mol. The number of nitrogens with zero attached hydrogens (tertiary/aromatic N) is 2. The second-order valence-electron chi connectivity index (χ2n) is 3.76. The van der Waals surface area contributed by atoms with Crippen LogP contribution >= 0.6 is 38.6 Å². The number of fused-ring (bicyclic) bond motifs is 1. The van der Waals surface area contributed by atoms with Gasteiger partial charge in [0.25, 0.3) is 0 Å². The molecular formula is C11H10BrN5S2. The smallest absolute Gasteiger partial charge is 0.239 e. The molecule has 3 aromatic heterocycles. The third-order valence-corrected chi connectivity index (χ3v) is 5.09.